The van der Waals surface area contributed by atoms with Crippen molar-refractivity contribution >= 4 is 39.1 Å². The first-order valence-electron chi connectivity index (χ1n) is 5.62. The molecule has 1 heterocycles. The lowest BCUT2D eigenvalue weighted by molar-refractivity contribution is -0.131. The summed E-state index contributed by atoms with van der Waals surface area (Å²) < 4.78 is 22.1. The number of hydrogen-bond acceptors (Lipinski definition) is 5. The Morgan fingerprint density at radius 1 is 1.45 bits per heavy atom. The zero-order valence-electron chi connectivity index (χ0n) is 11.1. The Hall–Kier alpha value is -1.67. The van der Waals surface area contributed by atoms with Gasteiger partial charge in [-0.05, 0) is 12.1 Å². The molecular formula is C12H15NO5S2. The van der Waals surface area contributed by atoms with Crippen molar-refractivity contribution in [2.75, 3.05) is 25.6 Å². The van der Waals surface area contributed by atoms with E-state index in [0.29, 0.717) is 10.4 Å². The number of hydrogen-bond donors (Lipinski definition) is 1. The molecule has 8 heteroatoms. The number of nitrogens with zero attached hydrogens (tertiary/aromatic N) is 1. The second-order valence-electron chi connectivity index (χ2n) is 4.27. The minimum atomic E-state index is -3.12. The molecular weight excluding hydrogens is 302 g/mol. The van der Waals surface area contributed by atoms with Gasteiger partial charge in [0.2, 0.25) is 0 Å². The highest BCUT2D eigenvalue weighted by Gasteiger charge is 2.15. The normalized spacial score (nSPS) is 11.7. The summed E-state index contributed by atoms with van der Waals surface area (Å²) in [5.74, 6) is -1.44. The molecule has 0 aliphatic rings. The molecule has 0 atom stereocenters. The van der Waals surface area contributed by atoms with Crippen LogP contribution in [0.25, 0.3) is 6.08 Å². The van der Waals surface area contributed by atoms with Crippen LogP contribution in [0.15, 0.2) is 17.5 Å². The molecule has 1 rings (SSSR count). The molecule has 1 aromatic rings. The maximum absolute atomic E-state index is 12.0. The molecule has 0 aliphatic carbocycles. The van der Waals surface area contributed by atoms with Gasteiger partial charge in [0.05, 0.1) is 11.3 Å². The zero-order valence-corrected chi connectivity index (χ0v) is 12.7. The maximum atomic E-state index is 12.0. The van der Waals surface area contributed by atoms with Gasteiger partial charge in [-0.15, -0.1) is 11.3 Å². The summed E-state index contributed by atoms with van der Waals surface area (Å²) in [5.41, 5.74) is 0.413. The summed E-state index contributed by atoms with van der Waals surface area (Å²) >= 11 is 1.25. The van der Waals surface area contributed by atoms with Crippen LogP contribution in [0.5, 0.6) is 0 Å². The summed E-state index contributed by atoms with van der Waals surface area (Å²) in [7, 11) is -1.59. The van der Waals surface area contributed by atoms with Crippen LogP contribution in [0.4, 0.5) is 0 Å². The van der Waals surface area contributed by atoms with E-state index < -0.39 is 15.8 Å². The number of sulfone groups is 1. The second kappa shape index (κ2) is 6.67. The largest absolute Gasteiger partial charge is 0.478 e. The van der Waals surface area contributed by atoms with Gasteiger partial charge >= 0.3 is 5.97 Å². The number of aliphatic carboxylic acids is 1. The van der Waals surface area contributed by atoms with Gasteiger partial charge in [0.1, 0.15) is 9.84 Å². The van der Waals surface area contributed by atoms with E-state index in [1.165, 1.54) is 29.4 Å². The number of carboxylic acid groups (broad SMARTS) is 1. The average molecular weight is 317 g/mol. The predicted molar refractivity (Wildman–Crippen MR) is 77.7 cm³/mol. The molecule has 0 aliphatic heterocycles. The first-order valence-corrected chi connectivity index (χ1v) is 8.56. The van der Waals surface area contributed by atoms with Gasteiger partial charge in [0.25, 0.3) is 5.91 Å². The van der Waals surface area contributed by atoms with Crippen molar-refractivity contribution in [1.82, 2.24) is 4.90 Å². The number of carboxylic acids is 1. The van der Waals surface area contributed by atoms with Gasteiger partial charge in [0, 0.05) is 36.2 Å². The molecule has 0 saturated carbocycles. The van der Waals surface area contributed by atoms with E-state index in [-0.39, 0.29) is 18.2 Å². The summed E-state index contributed by atoms with van der Waals surface area (Å²) in [6.07, 6.45) is 3.51. The fourth-order valence-corrected chi connectivity index (χ4v) is 2.71. The van der Waals surface area contributed by atoms with Crippen LogP contribution in [-0.2, 0) is 14.6 Å². The van der Waals surface area contributed by atoms with Crippen molar-refractivity contribution in [3.63, 3.8) is 0 Å². The molecule has 0 radical (unpaired) electrons. The third-order valence-corrected chi connectivity index (χ3v) is 4.22. The van der Waals surface area contributed by atoms with Gasteiger partial charge in [-0.3, -0.25) is 4.79 Å². The molecule has 0 bridgehead atoms. The topological polar surface area (TPSA) is 91.8 Å². The van der Waals surface area contributed by atoms with Crippen molar-refractivity contribution in [1.29, 1.82) is 0 Å². The van der Waals surface area contributed by atoms with Gasteiger partial charge in [-0.2, -0.15) is 0 Å². The Morgan fingerprint density at radius 2 is 2.10 bits per heavy atom. The SMILES string of the molecule is CN(CCS(C)(=O)=O)C(=O)c1csc(C=CC(=O)O)c1. The molecule has 110 valence electrons. The fraction of sp³-hybridized carbons (Fsp3) is 0.333. The van der Waals surface area contributed by atoms with Crippen molar-refractivity contribution in [2.45, 2.75) is 0 Å². The lowest BCUT2D eigenvalue weighted by atomic mass is 10.2. The molecule has 1 aromatic heterocycles. The number of carbonyl (C=O) groups is 2. The molecule has 0 aromatic carbocycles. The quantitative estimate of drug-likeness (QED) is 0.789. The van der Waals surface area contributed by atoms with Crippen LogP contribution in [0.3, 0.4) is 0 Å². The maximum Gasteiger partial charge on any atom is 0.328 e. The monoisotopic (exact) mass is 317 g/mol. The summed E-state index contributed by atoms with van der Waals surface area (Å²) in [6, 6.07) is 1.57. The highest BCUT2D eigenvalue weighted by atomic mass is 32.2. The Morgan fingerprint density at radius 3 is 2.65 bits per heavy atom. The van der Waals surface area contributed by atoms with E-state index in [0.717, 1.165) is 12.3 Å². The number of rotatable bonds is 6. The lowest BCUT2D eigenvalue weighted by Gasteiger charge is -2.15. The average Bonchev–Trinajstić information content (AvgIpc) is 2.80. The van der Waals surface area contributed by atoms with Gasteiger partial charge in [-0.25, -0.2) is 13.2 Å². The smallest absolute Gasteiger partial charge is 0.328 e. The molecule has 6 nitrogen and oxygen atoms in total. The Balaban J connectivity index is 2.70. The Bertz CT molecular complexity index is 630. The van der Waals surface area contributed by atoms with E-state index in [9.17, 15) is 18.0 Å². The first-order chi connectivity index (χ1) is 9.19. The minimum absolute atomic E-state index is 0.0921. The van der Waals surface area contributed by atoms with Crippen LogP contribution >= 0.6 is 11.3 Å². The minimum Gasteiger partial charge on any atom is -0.478 e. The summed E-state index contributed by atoms with van der Waals surface area (Å²) in [6.45, 7) is 0.119. The first kappa shape index (κ1) is 16.4. The van der Waals surface area contributed by atoms with E-state index in [2.05, 4.69) is 0 Å². The van der Waals surface area contributed by atoms with E-state index in [1.807, 2.05) is 0 Å². The van der Waals surface area contributed by atoms with Crippen LogP contribution in [0.2, 0.25) is 0 Å². The number of carbonyl (C=O) groups excluding carboxylic acids is 1. The molecule has 20 heavy (non-hydrogen) atoms. The predicted octanol–water partition coefficient (Wildman–Crippen LogP) is 0.963. The third kappa shape index (κ3) is 5.54. The second-order valence-corrected chi connectivity index (χ2v) is 7.47. The van der Waals surface area contributed by atoms with Crippen LogP contribution in [0.1, 0.15) is 15.2 Å². The van der Waals surface area contributed by atoms with Gasteiger partial charge in [0.15, 0.2) is 0 Å². The highest BCUT2D eigenvalue weighted by Crippen LogP contribution is 2.17. The zero-order chi connectivity index (χ0) is 15.3. The van der Waals surface area contributed by atoms with Crippen LogP contribution in [-0.4, -0.2) is 55.9 Å². The van der Waals surface area contributed by atoms with Crippen molar-refractivity contribution in [2.24, 2.45) is 0 Å². The van der Waals surface area contributed by atoms with Crippen molar-refractivity contribution in [3.05, 3.63) is 28.0 Å². The van der Waals surface area contributed by atoms with E-state index in [4.69, 9.17) is 5.11 Å². The van der Waals surface area contributed by atoms with Crippen LogP contribution < -0.4 is 0 Å². The van der Waals surface area contributed by atoms with Crippen molar-refractivity contribution < 1.29 is 23.1 Å². The third-order valence-electron chi connectivity index (χ3n) is 2.40. The molecule has 0 saturated heterocycles. The Kier molecular flexibility index (Phi) is 5.46. The standard InChI is InChI=1S/C12H15NO5S2/c1-13(5-6-20(2,17)18)12(16)9-7-10(19-8-9)3-4-11(14)15/h3-4,7-8H,5-6H2,1-2H3,(H,14,15). The molecule has 0 fully saturated rings. The van der Waals surface area contributed by atoms with Crippen molar-refractivity contribution in [3.8, 4) is 0 Å². The Labute approximate surface area is 121 Å². The lowest BCUT2D eigenvalue weighted by Crippen LogP contribution is -2.31. The molecule has 0 unspecified atom stereocenters. The fourth-order valence-electron chi connectivity index (χ4n) is 1.33. The van der Waals surface area contributed by atoms with E-state index in [1.54, 1.807) is 11.4 Å². The molecule has 0 spiro atoms. The number of thiophene rings is 1. The number of amides is 1. The molecule has 1 N–H and O–H groups in total. The summed E-state index contributed by atoms with van der Waals surface area (Å²) in [4.78, 5) is 24.4. The highest BCUT2D eigenvalue weighted by molar-refractivity contribution is 7.90. The summed E-state index contributed by atoms with van der Waals surface area (Å²) in [5, 5.41) is 10.1. The van der Waals surface area contributed by atoms with Gasteiger partial charge in [-0.1, -0.05) is 0 Å². The van der Waals surface area contributed by atoms with E-state index >= 15 is 0 Å². The molecule has 1 amide bonds. The van der Waals surface area contributed by atoms with Gasteiger partial charge < -0.3 is 10.0 Å². The van der Waals surface area contributed by atoms with Crippen LogP contribution in [0, 0.1) is 0 Å².